The molecule has 5 nitrogen and oxygen atoms in total. The van der Waals surface area contributed by atoms with Crippen molar-refractivity contribution in [1.29, 1.82) is 5.26 Å². The van der Waals surface area contributed by atoms with E-state index >= 15 is 0 Å². The summed E-state index contributed by atoms with van der Waals surface area (Å²) in [5.74, 6) is 0. The van der Waals surface area contributed by atoms with Crippen molar-refractivity contribution in [2.45, 2.75) is 23.9 Å². The maximum Gasteiger partial charge on any atom is 0.240 e. The molecule has 1 heterocycles. The zero-order chi connectivity index (χ0) is 22.0. The van der Waals surface area contributed by atoms with E-state index in [1.54, 1.807) is 18.2 Å². The Hall–Kier alpha value is -2.56. The van der Waals surface area contributed by atoms with Crippen LogP contribution in [0.2, 0.25) is 10.0 Å². The number of sulfonamides is 1. The van der Waals surface area contributed by atoms with E-state index in [0.717, 1.165) is 16.8 Å². The highest BCUT2D eigenvalue weighted by Gasteiger charge is 2.28. The van der Waals surface area contributed by atoms with Crippen LogP contribution in [0.5, 0.6) is 0 Å². The SMILES string of the molecule is N#Cc1ccc2c(c1)CC(NS(=O)(=O)c1ccc(Cl)cc1)CN2Cc1cccc(Cl)c1. The number of nitrogens with one attached hydrogen (secondary N) is 1. The molecule has 1 N–H and O–H groups in total. The summed E-state index contributed by atoms with van der Waals surface area (Å²) in [5.41, 5.74) is 3.48. The molecule has 8 heteroatoms. The molecule has 3 aromatic carbocycles. The highest BCUT2D eigenvalue weighted by atomic mass is 35.5. The molecule has 0 bridgehead atoms. The molecule has 0 spiro atoms. The number of rotatable bonds is 5. The molecular weight excluding hydrogens is 453 g/mol. The topological polar surface area (TPSA) is 73.2 Å². The van der Waals surface area contributed by atoms with Crippen LogP contribution >= 0.6 is 23.2 Å². The number of nitrogens with zero attached hydrogens (tertiary/aromatic N) is 2. The fourth-order valence-corrected chi connectivity index (χ4v) is 5.37. The van der Waals surface area contributed by atoms with Gasteiger partial charge < -0.3 is 4.90 Å². The van der Waals surface area contributed by atoms with Gasteiger partial charge in [0.1, 0.15) is 0 Å². The van der Waals surface area contributed by atoms with Crippen LogP contribution in [0.1, 0.15) is 16.7 Å². The second kappa shape index (κ2) is 8.89. The van der Waals surface area contributed by atoms with Gasteiger partial charge >= 0.3 is 0 Å². The minimum absolute atomic E-state index is 0.162. The van der Waals surface area contributed by atoms with Gasteiger partial charge in [0.15, 0.2) is 0 Å². The standard InChI is InChI=1S/C23H19Cl2N3O2S/c24-19-5-7-22(8-6-19)31(29,30)27-21-12-18-10-16(13-26)4-9-23(18)28(15-21)14-17-2-1-3-20(25)11-17/h1-11,21,27H,12,14-15H2. The van der Waals surface area contributed by atoms with Crippen molar-refractivity contribution < 1.29 is 8.42 Å². The average molecular weight is 472 g/mol. The van der Waals surface area contributed by atoms with Gasteiger partial charge in [0.2, 0.25) is 10.0 Å². The van der Waals surface area contributed by atoms with Crippen LogP contribution in [0, 0.1) is 11.3 Å². The van der Waals surface area contributed by atoms with Crippen LogP contribution in [0.4, 0.5) is 5.69 Å². The monoisotopic (exact) mass is 471 g/mol. The Bertz CT molecular complexity index is 1250. The van der Waals surface area contributed by atoms with Gasteiger partial charge in [-0.3, -0.25) is 0 Å². The van der Waals surface area contributed by atoms with Gasteiger partial charge in [-0.25, -0.2) is 13.1 Å². The van der Waals surface area contributed by atoms with Crippen molar-refractivity contribution in [2.24, 2.45) is 0 Å². The van der Waals surface area contributed by atoms with Gasteiger partial charge in [0.25, 0.3) is 0 Å². The van der Waals surface area contributed by atoms with Crippen LogP contribution in [-0.2, 0) is 23.0 Å². The second-order valence-corrected chi connectivity index (χ2v) is 10.0. The maximum atomic E-state index is 12.9. The number of benzene rings is 3. The summed E-state index contributed by atoms with van der Waals surface area (Å²) < 4.78 is 28.6. The van der Waals surface area contributed by atoms with Crippen LogP contribution < -0.4 is 9.62 Å². The van der Waals surface area contributed by atoms with Crippen LogP contribution in [0.15, 0.2) is 71.6 Å². The highest BCUT2D eigenvalue weighted by Crippen LogP contribution is 2.30. The Morgan fingerprint density at radius 1 is 1.03 bits per heavy atom. The lowest BCUT2D eigenvalue weighted by Crippen LogP contribution is -2.48. The quantitative estimate of drug-likeness (QED) is 0.581. The first kappa shape index (κ1) is 21.7. The zero-order valence-corrected chi connectivity index (χ0v) is 18.8. The summed E-state index contributed by atoms with van der Waals surface area (Å²) >= 11 is 12.0. The number of anilines is 1. The molecule has 0 aromatic heterocycles. The maximum absolute atomic E-state index is 12.9. The number of hydrogen-bond acceptors (Lipinski definition) is 4. The molecule has 0 aliphatic carbocycles. The van der Waals surface area contributed by atoms with E-state index in [1.807, 2.05) is 36.4 Å². The molecule has 1 aliphatic heterocycles. The molecule has 0 amide bonds. The van der Waals surface area contributed by atoms with Crippen molar-refractivity contribution in [3.05, 3.63) is 93.5 Å². The third-order valence-corrected chi connectivity index (χ3v) is 7.19. The Morgan fingerprint density at radius 2 is 1.81 bits per heavy atom. The van der Waals surface area contributed by atoms with Gasteiger partial charge in [-0.1, -0.05) is 35.3 Å². The number of nitriles is 1. The molecular formula is C23H19Cl2N3O2S. The van der Waals surface area contributed by atoms with Gasteiger partial charge in [0, 0.05) is 34.9 Å². The van der Waals surface area contributed by atoms with Crippen LogP contribution in [0.25, 0.3) is 0 Å². The third-order valence-electron chi connectivity index (χ3n) is 5.16. The molecule has 1 aliphatic rings. The van der Waals surface area contributed by atoms with Crippen LogP contribution in [-0.4, -0.2) is 21.0 Å². The molecule has 0 saturated heterocycles. The lowest BCUT2D eigenvalue weighted by molar-refractivity contribution is 0.524. The predicted molar refractivity (Wildman–Crippen MR) is 123 cm³/mol. The average Bonchev–Trinajstić information content (AvgIpc) is 2.73. The molecule has 0 saturated carbocycles. The van der Waals surface area contributed by atoms with Gasteiger partial charge in [-0.15, -0.1) is 0 Å². The van der Waals surface area contributed by atoms with Crippen molar-refractivity contribution in [2.75, 3.05) is 11.4 Å². The van der Waals surface area contributed by atoms with E-state index in [0.29, 0.717) is 35.1 Å². The summed E-state index contributed by atoms with van der Waals surface area (Å²) in [5, 5.41) is 10.4. The number of hydrogen-bond donors (Lipinski definition) is 1. The molecule has 1 atom stereocenters. The highest BCUT2D eigenvalue weighted by molar-refractivity contribution is 7.89. The zero-order valence-electron chi connectivity index (χ0n) is 16.4. The summed E-state index contributed by atoms with van der Waals surface area (Å²) in [6.45, 7) is 1.05. The molecule has 31 heavy (non-hydrogen) atoms. The van der Waals surface area contributed by atoms with E-state index < -0.39 is 10.0 Å². The molecule has 4 rings (SSSR count). The van der Waals surface area contributed by atoms with Crippen molar-refractivity contribution in [3.63, 3.8) is 0 Å². The van der Waals surface area contributed by atoms with Crippen molar-refractivity contribution in [3.8, 4) is 6.07 Å². The minimum atomic E-state index is -3.72. The lowest BCUT2D eigenvalue weighted by atomic mass is 9.96. The fraction of sp³-hybridized carbons (Fsp3) is 0.174. The minimum Gasteiger partial charge on any atom is -0.365 e. The van der Waals surface area contributed by atoms with Crippen molar-refractivity contribution >= 4 is 38.9 Å². The summed E-state index contributed by atoms with van der Waals surface area (Å²) in [7, 11) is -3.72. The molecule has 3 aromatic rings. The Morgan fingerprint density at radius 3 is 2.52 bits per heavy atom. The summed E-state index contributed by atoms with van der Waals surface area (Å²) in [4.78, 5) is 2.27. The van der Waals surface area contributed by atoms with E-state index in [2.05, 4.69) is 15.7 Å². The third kappa shape index (κ3) is 5.03. The molecule has 0 fully saturated rings. The van der Waals surface area contributed by atoms with Gasteiger partial charge in [-0.2, -0.15) is 5.26 Å². The Labute approximate surface area is 191 Å². The van der Waals surface area contributed by atoms with Gasteiger partial charge in [0.05, 0.1) is 16.5 Å². The molecule has 0 radical (unpaired) electrons. The summed E-state index contributed by atoms with van der Waals surface area (Å²) in [6.07, 6.45) is 0.490. The van der Waals surface area contributed by atoms with Crippen LogP contribution in [0.3, 0.4) is 0 Å². The smallest absolute Gasteiger partial charge is 0.240 e. The predicted octanol–water partition coefficient (Wildman–Crippen LogP) is 4.77. The summed E-state index contributed by atoms with van der Waals surface area (Å²) in [6, 6.07) is 21.0. The Balaban J connectivity index is 1.64. The van der Waals surface area contributed by atoms with E-state index in [-0.39, 0.29) is 10.9 Å². The largest absolute Gasteiger partial charge is 0.365 e. The number of fused-ring (bicyclic) bond motifs is 1. The van der Waals surface area contributed by atoms with Crippen molar-refractivity contribution in [1.82, 2.24) is 4.72 Å². The first-order chi connectivity index (χ1) is 14.8. The molecule has 158 valence electrons. The van der Waals surface area contributed by atoms with E-state index in [4.69, 9.17) is 23.2 Å². The molecule has 1 unspecified atom stereocenters. The Kier molecular flexibility index (Phi) is 6.22. The second-order valence-electron chi connectivity index (χ2n) is 7.44. The van der Waals surface area contributed by atoms with E-state index in [1.165, 1.54) is 12.1 Å². The first-order valence-corrected chi connectivity index (χ1v) is 11.9. The normalized spacial score (nSPS) is 15.9. The fourth-order valence-electron chi connectivity index (χ4n) is 3.81. The van der Waals surface area contributed by atoms with E-state index in [9.17, 15) is 13.7 Å². The van der Waals surface area contributed by atoms with Gasteiger partial charge in [-0.05, 0) is 72.1 Å². The number of halogens is 2. The lowest BCUT2D eigenvalue weighted by Gasteiger charge is -2.36. The first-order valence-electron chi connectivity index (χ1n) is 9.64.